The summed E-state index contributed by atoms with van der Waals surface area (Å²) in [5.74, 6) is 0.965. The fourth-order valence-electron chi connectivity index (χ4n) is 7.50. The smallest absolute Gasteiger partial charge is 0.118 e. The minimum Gasteiger partial charge on any atom is -0.497 e. The Kier molecular flexibility index (Phi) is 2.84. The molecule has 0 unspecified atom stereocenters. The van der Waals surface area contributed by atoms with E-state index in [1.54, 1.807) is 7.11 Å². The summed E-state index contributed by atoms with van der Waals surface area (Å²) in [6.45, 7) is 13.0. The Morgan fingerprint density at radius 1 is 0.864 bits per heavy atom. The zero-order valence-electron chi connectivity index (χ0n) is 14.6. The molecule has 22 heavy (non-hydrogen) atoms. The average Bonchev–Trinajstić information content (AvgIpc) is 2.33. The van der Waals surface area contributed by atoms with Gasteiger partial charge in [-0.15, -0.1) is 0 Å². The third-order valence-corrected chi connectivity index (χ3v) is 6.39. The Hall–Kier alpha value is -1.02. The summed E-state index contributed by atoms with van der Waals surface area (Å²) in [6.07, 6.45) is 4.33. The van der Waals surface area contributed by atoms with E-state index in [1.165, 1.54) is 55.5 Å². The number of rotatable bonds is 3. The van der Waals surface area contributed by atoms with E-state index in [2.05, 4.69) is 45.0 Å². The summed E-state index contributed by atoms with van der Waals surface area (Å²) in [5, 5.41) is 0. The molecule has 4 fully saturated rings. The quantitative estimate of drug-likeness (QED) is 0.759. The van der Waals surface area contributed by atoms with Crippen LogP contribution in [0.15, 0.2) is 24.3 Å². The van der Waals surface area contributed by atoms with E-state index in [-0.39, 0.29) is 0 Å². The maximum atomic E-state index is 5.31. The summed E-state index contributed by atoms with van der Waals surface area (Å²) >= 11 is 0. The van der Waals surface area contributed by atoms with Crippen LogP contribution in [0.5, 0.6) is 5.75 Å². The summed E-state index contributed by atoms with van der Waals surface area (Å²) in [5.41, 5.74) is 3.15. The predicted molar refractivity (Wildman–Crippen MR) is 89.7 cm³/mol. The molecule has 0 aromatic heterocycles. The van der Waals surface area contributed by atoms with Gasteiger partial charge in [0.05, 0.1) is 26.7 Å². The van der Waals surface area contributed by atoms with Gasteiger partial charge in [0.2, 0.25) is 0 Å². The van der Waals surface area contributed by atoms with Gasteiger partial charge in [0, 0.05) is 21.8 Å². The van der Waals surface area contributed by atoms with Gasteiger partial charge in [-0.2, -0.15) is 0 Å². The van der Waals surface area contributed by atoms with Crippen LogP contribution in [-0.4, -0.2) is 31.2 Å². The van der Waals surface area contributed by atoms with Crippen molar-refractivity contribution in [1.82, 2.24) is 0 Å². The molecule has 0 atom stereocenters. The number of piperidine rings is 3. The van der Waals surface area contributed by atoms with Gasteiger partial charge in [-0.1, -0.05) is 20.8 Å². The molecular formula is C20H30NO+. The van der Waals surface area contributed by atoms with Crippen molar-refractivity contribution in [2.45, 2.75) is 46.6 Å². The molecule has 0 amide bonds. The molecule has 2 nitrogen and oxygen atoms in total. The first-order chi connectivity index (χ1) is 10.3. The predicted octanol–water partition coefficient (Wildman–Crippen LogP) is 4.24. The van der Waals surface area contributed by atoms with Crippen LogP contribution in [-0.2, 0) is 6.54 Å². The van der Waals surface area contributed by atoms with Crippen LogP contribution < -0.4 is 4.74 Å². The van der Waals surface area contributed by atoms with Crippen molar-refractivity contribution >= 4 is 0 Å². The molecule has 1 aromatic rings. The summed E-state index contributed by atoms with van der Waals surface area (Å²) in [4.78, 5) is 0. The van der Waals surface area contributed by atoms with E-state index in [0.717, 1.165) is 5.75 Å². The molecule has 1 aliphatic carbocycles. The second-order valence-corrected chi connectivity index (χ2v) is 9.78. The molecule has 0 radical (unpaired) electrons. The van der Waals surface area contributed by atoms with Crippen molar-refractivity contribution in [2.75, 3.05) is 26.7 Å². The lowest BCUT2D eigenvalue weighted by Crippen LogP contribution is -2.73. The molecule has 0 N–H and O–H groups in total. The molecule has 4 aliphatic rings. The maximum absolute atomic E-state index is 5.31. The van der Waals surface area contributed by atoms with Crippen LogP contribution in [0.25, 0.3) is 0 Å². The largest absolute Gasteiger partial charge is 0.497 e. The van der Waals surface area contributed by atoms with E-state index in [4.69, 9.17) is 4.74 Å². The Labute approximate surface area is 135 Å². The van der Waals surface area contributed by atoms with Gasteiger partial charge >= 0.3 is 0 Å². The molecule has 120 valence electrons. The van der Waals surface area contributed by atoms with Crippen LogP contribution in [0.3, 0.4) is 0 Å². The molecule has 1 aromatic carbocycles. The highest BCUT2D eigenvalue weighted by Crippen LogP contribution is 2.64. The zero-order valence-corrected chi connectivity index (χ0v) is 14.6. The molecule has 4 bridgehead atoms. The lowest BCUT2D eigenvalue weighted by molar-refractivity contribution is -0.978. The molecule has 2 heteroatoms. The van der Waals surface area contributed by atoms with E-state index in [9.17, 15) is 0 Å². The number of hydrogen-bond acceptors (Lipinski definition) is 1. The highest BCUT2D eigenvalue weighted by molar-refractivity contribution is 5.26. The number of ether oxygens (including phenoxy) is 1. The first-order valence-corrected chi connectivity index (χ1v) is 8.73. The Morgan fingerprint density at radius 3 is 1.73 bits per heavy atom. The Bertz CT molecular complexity index is 537. The van der Waals surface area contributed by atoms with E-state index < -0.39 is 0 Å². The first-order valence-electron chi connectivity index (χ1n) is 8.73. The average molecular weight is 300 g/mol. The van der Waals surface area contributed by atoms with Crippen LogP contribution in [0.1, 0.15) is 45.6 Å². The maximum Gasteiger partial charge on any atom is 0.118 e. The van der Waals surface area contributed by atoms with Crippen LogP contribution >= 0.6 is 0 Å². The SMILES string of the molecule is COc1ccc(C[N+]23CC4(C)CC(C)(CC(C)(C4)C2)C3)cc1. The summed E-state index contributed by atoms with van der Waals surface area (Å²) in [6, 6.07) is 8.77. The normalized spacial score (nSPS) is 46.0. The topological polar surface area (TPSA) is 9.23 Å². The summed E-state index contributed by atoms with van der Waals surface area (Å²) < 4.78 is 6.62. The van der Waals surface area contributed by atoms with Crippen molar-refractivity contribution < 1.29 is 9.22 Å². The highest BCUT2D eigenvalue weighted by atomic mass is 16.5. The number of nitrogens with zero attached hydrogens (tertiary/aromatic N) is 1. The third-order valence-electron chi connectivity index (χ3n) is 6.39. The molecule has 0 spiro atoms. The second-order valence-electron chi connectivity index (χ2n) is 9.78. The Morgan fingerprint density at radius 2 is 1.32 bits per heavy atom. The van der Waals surface area contributed by atoms with Gasteiger partial charge in [0.15, 0.2) is 0 Å². The lowest BCUT2D eigenvalue weighted by Gasteiger charge is -2.68. The second kappa shape index (κ2) is 4.29. The molecule has 5 rings (SSSR count). The van der Waals surface area contributed by atoms with Crippen molar-refractivity contribution in [3.8, 4) is 5.75 Å². The first kappa shape index (κ1) is 14.6. The molecule has 3 heterocycles. The summed E-state index contributed by atoms with van der Waals surface area (Å²) in [7, 11) is 1.74. The van der Waals surface area contributed by atoms with Crippen molar-refractivity contribution in [3.05, 3.63) is 29.8 Å². The highest BCUT2D eigenvalue weighted by Gasteiger charge is 2.65. The van der Waals surface area contributed by atoms with Gasteiger partial charge in [0.25, 0.3) is 0 Å². The van der Waals surface area contributed by atoms with E-state index in [1.807, 2.05) is 0 Å². The van der Waals surface area contributed by atoms with Crippen molar-refractivity contribution in [1.29, 1.82) is 0 Å². The number of hydrogen-bond donors (Lipinski definition) is 0. The molecule has 1 saturated carbocycles. The van der Waals surface area contributed by atoms with Gasteiger partial charge in [-0.05, 0) is 43.5 Å². The minimum atomic E-state index is 0.560. The number of benzene rings is 1. The van der Waals surface area contributed by atoms with Gasteiger partial charge in [-0.3, -0.25) is 0 Å². The number of methoxy groups -OCH3 is 1. The lowest BCUT2D eigenvalue weighted by atomic mass is 9.48. The van der Waals surface area contributed by atoms with E-state index >= 15 is 0 Å². The van der Waals surface area contributed by atoms with Crippen LogP contribution in [0.4, 0.5) is 0 Å². The van der Waals surface area contributed by atoms with Crippen molar-refractivity contribution in [2.24, 2.45) is 16.2 Å². The van der Waals surface area contributed by atoms with Gasteiger partial charge in [0.1, 0.15) is 12.3 Å². The monoisotopic (exact) mass is 300 g/mol. The van der Waals surface area contributed by atoms with Gasteiger partial charge < -0.3 is 9.22 Å². The standard InChI is InChI=1S/C20H30NO/c1-18-10-19(2)12-20(3,11-18)15-21(13-18,14-19)9-16-5-7-17(22-4)8-6-16/h5-8H,9-15H2,1-4H3/q+1. The van der Waals surface area contributed by atoms with Crippen molar-refractivity contribution in [3.63, 3.8) is 0 Å². The molecule has 3 aliphatic heterocycles. The Balaban J connectivity index is 1.65. The van der Waals surface area contributed by atoms with Gasteiger partial charge in [-0.25, -0.2) is 0 Å². The van der Waals surface area contributed by atoms with Crippen LogP contribution in [0, 0.1) is 16.2 Å². The third kappa shape index (κ3) is 2.27. The number of quaternary nitrogens is 1. The van der Waals surface area contributed by atoms with E-state index in [0.29, 0.717) is 16.2 Å². The molecular weight excluding hydrogens is 270 g/mol. The fourth-order valence-corrected chi connectivity index (χ4v) is 7.50. The van der Waals surface area contributed by atoms with Crippen LogP contribution in [0.2, 0.25) is 0 Å². The zero-order chi connectivity index (χ0) is 15.6. The molecule has 3 saturated heterocycles. The fraction of sp³-hybridized carbons (Fsp3) is 0.700. The minimum absolute atomic E-state index is 0.560.